The van der Waals surface area contributed by atoms with Crippen molar-refractivity contribution in [2.45, 2.75) is 23.3 Å². The Morgan fingerprint density at radius 1 is 1.10 bits per heavy atom. The number of hydrogen-bond donors (Lipinski definition) is 2. The first-order chi connectivity index (χ1) is 14.0. The first-order valence-electron chi connectivity index (χ1n) is 9.63. The monoisotopic (exact) mass is 406 g/mol. The maximum atomic E-state index is 11.8. The summed E-state index contributed by atoms with van der Waals surface area (Å²) < 4.78 is 29.4. The fraction of sp³-hybridized carbons (Fsp3) is 0.217. The van der Waals surface area contributed by atoms with Crippen molar-refractivity contribution in [1.29, 1.82) is 0 Å². The molecule has 0 radical (unpaired) electrons. The number of ether oxygens (including phenoxy) is 1. The molecule has 0 amide bonds. The van der Waals surface area contributed by atoms with Crippen molar-refractivity contribution in [2.24, 2.45) is 11.1 Å². The van der Waals surface area contributed by atoms with E-state index in [4.69, 9.17) is 9.88 Å². The minimum Gasteiger partial charge on any atom is -0.496 e. The largest absolute Gasteiger partial charge is 0.496 e. The van der Waals surface area contributed by atoms with E-state index in [9.17, 15) is 8.42 Å². The second-order valence-corrected chi connectivity index (χ2v) is 9.23. The summed E-state index contributed by atoms with van der Waals surface area (Å²) >= 11 is 0. The molecular formula is C23H22N2O3S. The zero-order chi connectivity index (χ0) is 20.2. The van der Waals surface area contributed by atoms with Gasteiger partial charge in [-0.15, -0.1) is 0 Å². The number of methoxy groups -OCH3 is 1. The molecule has 2 aliphatic rings. The number of allylic oxidation sites excluding steroid dienone is 2. The fourth-order valence-corrected chi connectivity index (χ4v) is 5.36. The van der Waals surface area contributed by atoms with Gasteiger partial charge in [0.05, 0.1) is 18.0 Å². The van der Waals surface area contributed by atoms with Gasteiger partial charge in [0.2, 0.25) is 10.0 Å². The van der Waals surface area contributed by atoms with Crippen molar-refractivity contribution >= 4 is 26.5 Å². The third-order valence-electron chi connectivity index (χ3n) is 6.12. The summed E-state index contributed by atoms with van der Waals surface area (Å²) in [6.07, 6.45) is 5.27. The number of benzene rings is 3. The van der Waals surface area contributed by atoms with E-state index in [0.717, 1.165) is 29.0 Å². The Balaban J connectivity index is 1.69. The number of sulfonamides is 1. The molecule has 6 heteroatoms. The number of primary sulfonamides is 1. The van der Waals surface area contributed by atoms with Crippen LogP contribution in [0.3, 0.4) is 0 Å². The molecule has 3 atom stereocenters. The highest BCUT2D eigenvalue weighted by Crippen LogP contribution is 2.52. The van der Waals surface area contributed by atoms with Gasteiger partial charge in [0.25, 0.3) is 0 Å². The number of nitrogens with two attached hydrogens (primary N) is 1. The summed E-state index contributed by atoms with van der Waals surface area (Å²) in [6, 6.07) is 17.6. The van der Waals surface area contributed by atoms with Gasteiger partial charge in [-0.1, -0.05) is 42.5 Å². The van der Waals surface area contributed by atoms with Gasteiger partial charge in [-0.2, -0.15) is 0 Å². The van der Waals surface area contributed by atoms with E-state index in [1.54, 1.807) is 19.2 Å². The summed E-state index contributed by atoms with van der Waals surface area (Å²) in [6.45, 7) is 0. The lowest BCUT2D eigenvalue weighted by molar-refractivity contribution is 0.383. The summed E-state index contributed by atoms with van der Waals surface area (Å²) in [5, 5.41) is 11.4. The topological polar surface area (TPSA) is 81.4 Å². The summed E-state index contributed by atoms with van der Waals surface area (Å²) in [7, 11) is -2.04. The van der Waals surface area contributed by atoms with Gasteiger partial charge in [-0.3, -0.25) is 0 Å². The molecule has 0 bridgehead atoms. The molecule has 0 saturated carbocycles. The molecule has 5 nitrogen and oxygen atoms in total. The van der Waals surface area contributed by atoms with Crippen LogP contribution in [-0.2, 0) is 10.0 Å². The molecule has 0 fully saturated rings. The van der Waals surface area contributed by atoms with Gasteiger partial charge >= 0.3 is 0 Å². The van der Waals surface area contributed by atoms with Crippen LogP contribution in [0.1, 0.15) is 29.5 Å². The average molecular weight is 407 g/mol. The minimum atomic E-state index is -3.74. The van der Waals surface area contributed by atoms with Crippen LogP contribution in [0.25, 0.3) is 10.8 Å². The Bertz CT molecular complexity index is 1250. The first-order valence-corrected chi connectivity index (χ1v) is 11.2. The lowest BCUT2D eigenvalue weighted by Gasteiger charge is -2.38. The summed E-state index contributed by atoms with van der Waals surface area (Å²) in [4.78, 5) is 0.151. The molecule has 1 aliphatic heterocycles. The Hall–Kier alpha value is -2.83. The Labute approximate surface area is 170 Å². The van der Waals surface area contributed by atoms with Crippen LogP contribution in [0.2, 0.25) is 0 Å². The van der Waals surface area contributed by atoms with Crippen molar-refractivity contribution in [1.82, 2.24) is 0 Å². The molecule has 5 rings (SSSR count). The molecule has 1 aliphatic carbocycles. The average Bonchev–Trinajstić information content (AvgIpc) is 3.21. The maximum Gasteiger partial charge on any atom is 0.238 e. The van der Waals surface area contributed by atoms with E-state index in [2.05, 4.69) is 35.7 Å². The molecule has 0 aromatic heterocycles. The third kappa shape index (κ3) is 2.91. The molecular weight excluding hydrogens is 384 g/mol. The van der Waals surface area contributed by atoms with Crippen LogP contribution < -0.4 is 15.2 Å². The molecule has 3 unspecified atom stereocenters. The second kappa shape index (κ2) is 6.61. The highest BCUT2D eigenvalue weighted by atomic mass is 32.2. The molecule has 148 valence electrons. The molecule has 0 saturated heterocycles. The number of nitrogens with one attached hydrogen (secondary N) is 1. The Morgan fingerprint density at radius 2 is 1.93 bits per heavy atom. The summed E-state index contributed by atoms with van der Waals surface area (Å²) in [5.74, 6) is 1.25. The van der Waals surface area contributed by atoms with Crippen molar-refractivity contribution in [3.8, 4) is 5.75 Å². The maximum absolute atomic E-state index is 11.8. The van der Waals surface area contributed by atoms with E-state index in [1.165, 1.54) is 10.8 Å². The molecule has 29 heavy (non-hydrogen) atoms. The smallest absolute Gasteiger partial charge is 0.238 e. The number of rotatable bonds is 3. The standard InChI is InChI=1S/C23H22N2O3S/c1-28-21-12-9-14-5-2-3-6-16(14)22(21)23-18-8-4-7-17(18)19-13-15(29(24,26)27)10-11-20(19)25-23/h2-7,9-13,17-18,23,25H,8H2,1H3,(H2,24,26,27). The highest BCUT2D eigenvalue weighted by molar-refractivity contribution is 7.89. The van der Waals surface area contributed by atoms with Crippen LogP contribution in [0.4, 0.5) is 5.69 Å². The quantitative estimate of drug-likeness (QED) is 0.635. The predicted octanol–water partition coefficient (Wildman–Crippen LogP) is 4.32. The Kier molecular flexibility index (Phi) is 4.15. The van der Waals surface area contributed by atoms with Crippen LogP contribution >= 0.6 is 0 Å². The zero-order valence-electron chi connectivity index (χ0n) is 16.0. The molecule has 0 spiro atoms. The number of fused-ring (bicyclic) bond motifs is 4. The normalized spacial score (nSPS) is 22.8. The van der Waals surface area contributed by atoms with E-state index in [1.807, 2.05) is 24.3 Å². The van der Waals surface area contributed by atoms with Crippen LogP contribution in [-0.4, -0.2) is 15.5 Å². The van der Waals surface area contributed by atoms with Crippen molar-refractivity contribution in [2.75, 3.05) is 12.4 Å². The SMILES string of the molecule is COc1ccc2ccccc2c1C1Nc2ccc(S(N)(=O)=O)cc2C2C=CCC21. The van der Waals surface area contributed by atoms with E-state index in [0.29, 0.717) is 0 Å². The second-order valence-electron chi connectivity index (χ2n) is 7.67. The van der Waals surface area contributed by atoms with E-state index < -0.39 is 10.0 Å². The van der Waals surface area contributed by atoms with Gasteiger partial charge in [-0.25, -0.2) is 13.6 Å². The fourth-order valence-electron chi connectivity index (χ4n) is 4.81. The van der Waals surface area contributed by atoms with Crippen LogP contribution in [0, 0.1) is 5.92 Å². The highest BCUT2D eigenvalue weighted by Gasteiger charge is 2.40. The van der Waals surface area contributed by atoms with Gasteiger partial charge in [0, 0.05) is 17.2 Å². The summed E-state index contributed by atoms with van der Waals surface area (Å²) in [5.41, 5.74) is 3.06. The van der Waals surface area contributed by atoms with Crippen LogP contribution in [0.5, 0.6) is 5.75 Å². The van der Waals surface area contributed by atoms with E-state index in [-0.39, 0.29) is 22.8 Å². The lowest BCUT2D eigenvalue weighted by Crippen LogP contribution is -2.30. The van der Waals surface area contributed by atoms with Crippen molar-refractivity contribution in [3.05, 3.63) is 77.9 Å². The van der Waals surface area contributed by atoms with Gasteiger partial charge in [0.15, 0.2) is 0 Å². The van der Waals surface area contributed by atoms with Crippen LogP contribution in [0.15, 0.2) is 71.6 Å². The van der Waals surface area contributed by atoms with Gasteiger partial charge < -0.3 is 10.1 Å². The van der Waals surface area contributed by atoms with Crippen molar-refractivity contribution < 1.29 is 13.2 Å². The zero-order valence-corrected chi connectivity index (χ0v) is 16.8. The molecule has 3 N–H and O–H groups in total. The predicted molar refractivity (Wildman–Crippen MR) is 115 cm³/mol. The van der Waals surface area contributed by atoms with Gasteiger partial charge in [-0.05, 0) is 52.9 Å². The number of hydrogen-bond acceptors (Lipinski definition) is 4. The van der Waals surface area contributed by atoms with Gasteiger partial charge in [0.1, 0.15) is 5.75 Å². The van der Waals surface area contributed by atoms with E-state index >= 15 is 0 Å². The molecule has 3 aromatic carbocycles. The first kappa shape index (κ1) is 18.2. The number of anilines is 1. The minimum absolute atomic E-state index is 0.0453. The lowest BCUT2D eigenvalue weighted by atomic mass is 9.76. The van der Waals surface area contributed by atoms with Crippen molar-refractivity contribution in [3.63, 3.8) is 0 Å². The molecule has 1 heterocycles. The third-order valence-corrected chi connectivity index (χ3v) is 7.04. The molecule has 3 aromatic rings. The Morgan fingerprint density at radius 3 is 2.72 bits per heavy atom.